The Labute approximate surface area is 125 Å². The van der Waals surface area contributed by atoms with Gasteiger partial charge >= 0.3 is 0 Å². The summed E-state index contributed by atoms with van der Waals surface area (Å²) in [5.41, 5.74) is 0.716. The first-order valence-electron chi connectivity index (χ1n) is 7.61. The second kappa shape index (κ2) is 5.86. The molecule has 0 saturated heterocycles. The summed E-state index contributed by atoms with van der Waals surface area (Å²) in [5, 5.41) is 12.2. The van der Waals surface area contributed by atoms with Crippen molar-refractivity contribution in [2.45, 2.75) is 37.8 Å². The Hall–Kier alpha value is -1.87. The van der Waals surface area contributed by atoms with Crippen molar-refractivity contribution in [3.05, 3.63) is 48.0 Å². The van der Waals surface area contributed by atoms with E-state index in [0.717, 1.165) is 36.5 Å². The lowest BCUT2D eigenvalue weighted by Gasteiger charge is -2.35. The molecule has 0 aliphatic heterocycles. The highest BCUT2D eigenvalue weighted by molar-refractivity contribution is 6.07. The zero-order chi connectivity index (χ0) is 14.8. The number of nitrogens with zero attached hydrogens (tertiary/aromatic N) is 1. The fraction of sp³-hybridized carbons (Fsp3) is 0.389. The number of hydrogen-bond acceptors (Lipinski definition) is 2. The molecule has 1 aliphatic rings. The van der Waals surface area contributed by atoms with E-state index >= 15 is 0 Å². The lowest BCUT2D eigenvalue weighted by Crippen LogP contribution is -2.46. The summed E-state index contributed by atoms with van der Waals surface area (Å²) in [5.74, 6) is -0.00208. The summed E-state index contributed by atoms with van der Waals surface area (Å²) in [6.45, 7) is 0. The van der Waals surface area contributed by atoms with Crippen LogP contribution in [-0.2, 0) is 0 Å². The SMILES string of the molecule is CN(C(=O)c1cccc2ccccc12)C1CCCCC1O. The van der Waals surface area contributed by atoms with Crippen LogP contribution in [0.4, 0.5) is 0 Å². The van der Waals surface area contributed by atoms with Gasteiger partial charge in [-0.05, 0) is 29.7 Å². The molecule has 1 saturated carbocycles. The molecule has 3 rings (SSSR count). The number of carbonyl (C=O) groups is 1. The van der Waals surface area contributed by atoms with Crippen LogP contribution in [0.3, 0.4) is 0 Å². The number of aliphatic hydroxyl groups is 1. The summed E-state index contributed by atoms with van der Waals surface area (Å²) >= 11 is 0. The summed E-state index contributed by atoms with van der Waals surface area (Å²) in [6.07, 6.45) is 3.40. The number of likely N-dealkylation sites (N-methyl/N-ethyl adjacent to an activating group) is 1. The van der Waals surface area contributed by atoms with Gasteiger partial charge in [0, 0.05) is 12.6 Å². The van der Waals surface area contributed by atoms with Gasteiger partial charge in [-0.15, -0.1) is 0 Å². The van der Waals surface area contributed by atoms with E-state index in [1.165, 1.54) is 0 Å². The Kier molecular flexibility index (Phi) is 3.93. The molecule has 2 unspecified atom stereocenters. The first-order valence-corrected chi connectivity index (χ1v) is 7.61. The smallest absolute Gasteiger partial charge is 0.254 e. The lowest BCUT2D eigenvalue weighted by molar-refractivity contribution is 0.0269. The van der Waals surface area contributed by atoms with Gasteiger partial charge in [0.25, 0.3) is 5.91 Å². The number of carbonyl (C=O) groups excluding carboxylic acids is 1. The molecule has 0 aromatic heterocycles. The van der Waals surface area contributed by atoms with Gasteiger partial charge in [-0.1, -0.05) is 49.2 Å². The first-order chi connectivity index (χ1) is 10.2. The van der Waals surface area contributed by atoms with Crippen molar-refractivity contribution in [2.75, 3.05) is 7.05 Å². The molecular formula is C18H21NO2. The average molecular weight is 283 g/mol. The van der Waals surface area contributed by atoms with Gasteiger partial charge in [-0.25, -0.2) is 0 Å². The van der Waals surface area contributed by atoms with E-state index in [4.69, 9.17) is 0 Å². The van der Waals surface area contributed by atoms with E-state index < -0.39 is 6.10 Å². The van der Waals surface area contributed by atoms with Crippen LogP contribution in [0.1, 0.15) is 36.0 Å². The van der Waals surface area contributed by atoms with Crippen LogP contribution in [0, 0.1) is 0 Å². The van der Waals surface area contributed by atoms with E-state index in [0.29, 0.717) is 5.56 Å². The van der Waals surface area contributed by atoms with Crippen LogP contribution in [0.15, 0.2) is 42.5 Å². The van der Waals surface area contributed by atoms with Crippen molar-refractivity contribution in [1.29, 1.82) is 0 Å². The van der Waals surface area contributed by atoms with Crippen molar-refractivity contribution in [2.24, 2.45) is 0 Å². The van der Waals surface area contributed by atoms with Gasteiger partial charge in [0.15, 0.2) is 0 Å². The van der Waals surface area contributed by atoms with E-state index in [-0.39, 0.29) is 11.9 Å². The third-order valence-electron chi connectivity index (χ3n) is 4.53. The van der Waals surface area contributed by atoms with Crippen LogP contribution < -0.4 is 0 Å². The molecule has 0 heterocycles. The number of rotatable bonds is 2. The minimum Gasteiger partial charge on any atom is -0.391 e. The molecule has 1 aliphatic carbocycles. The van der Waals surface area contributed by atoms with Gasteiger partial charge < -0.3 is 10.0 Å². The van der Waals surface area contributed by atoms with Crippen LogP contribution in [0.25, 0.3) is 10.8 Å². The van der Waals surface area contributed by atoms with Gasteiger partial charge in [0.2, 0.25) is 0 Å². The second-order valence-electron chi connectivity index (χ2n) is 5.86. The van der Waals surface area contributed by atoms with E-state index in [9.17, 15) is 9.90 Å². The highest BCUT2D eigenvalue weighted by Crippen LogP contribution is 2.25. The van der Waals surface area contributed by atoms with Crippen molar-refractivity contribution >= 4 is 16.7 Å². The molecule has 0 bridgehead atoms. The summed E-state index contributed by atoms with van der Waals surface area (Å²) in [6, 6.07) is 13.7. The fourth-order valence-electron chi connectivity index (χ4n) is 3.30. The molecular weight excluding hydrogens is 262 g/mol. The highest BCUT2D eigenvalue weighted by Gasteiger charge is 2.30. The second-order valence-corrected chi connectivity index (χ2v) is 5.86. The number of hydrogen-bond donors (Lipinski definition) is 1. The molecule has 1 N–H and O–H groups in total. The van der Waals surface area contributed by atoms with Crippen molar-refractivity contribution in [3.8, 4) is 0 Å². The molecule has 0 radical (unpaired) electrons. The van der Waals surface area contributed by atoms with Gasteiger partial charge in [0.05, 0.1) is 12.1 Å². The van der Waals surface area contributed by atoms with E-state index in [1.54, 1.807) is 4.90 Å². The zero-order valence-corrected chi connectivity index (χ0v) is 12.3. The summed E-state index contributed by atoms with van der Waals surface area (Å²) in [7, 11) is 1.81. The Morgan fingerprint density at radius 3 is 2.62 bits per heavy atom. The molecule has 0 spiro atoms. The summed E-state index contributed by atoms with van der Waals surface area (Å²) in [4.78, 5) is 14.5. The predicted molar refractivity (Wildman–Crippen MR) is 84.3 cm³/mol. The van der Waals surface area contributed by atoms with Gasteiger partial charge in [0.1, 0.15) is 0 Å². The van der Waals surface area contributed by atoms with E-state index in [2.05, 4.69) is 0 Å². The molecule has 110 valence electrons. The van der Waals surface area contributed by atoms with E-state index in [1.807, 2.05) is 49.5 Å². The Morgan fingerprint density at radius 2 is 1.81 bits per heavy atom. The van der Waals surface area contributed by atoms with Gasteiger partial charge in [-0.3, -0.25) is 4.79 Å². The topological polar surface area (TPSA) is 40.5 Å². The standard InChI is InChI=1S/C18H21NO2/c1-19(16-11-4-5-12-17(16)20)18(21)15-10-6-8-13-7-2-3-9-14(13)15/h2-3,6-10,16-17,20H,4-5,11-12H2,1H3. The van der Waals surface area contributed by atoms with Crippen molar-refractivity contribution < 1.29 is 9.90 Å². The van der Waals surface area contributed by atoms with Crippen LogP contribution in [-0.4, -0.2) is 35.1 Å². The van der Waals surface area contributed by atoms with Crippen LogP contribution in [0.2, 0.25) is 0 Å². The minimum absolute atomic E-state index is 0.00208. The normalized spacial score (nSPS) is 22.2. The molecule has 2 aromatic carbocycles. The van der Waals surface area contributed by atoms with Crippen molar-refractivity contribution in [3.63, 3.8) is 0 Å². The molecule has 2 aromatic rings. The fourth-order valence-corrected chi connectivity index (χ4v) is 3.30. The molecule has 21 heavy (non-hydrogen) atoms. The molecule has 3 heteroatoms. The maximum atomic E-state index is 12.8. The number of aliphatic hydroxyl groups excluding tert-OH is 1. The molecule has 2 atom stereocenters. The average Bonchev–Trinajstić information content (AvgIpc) is 2.53. The highest BCUT2D eigenvalue weighted by atomic mass is 16.3. The largest absolute Gasteiger partial charge is 0.391 e. The quantitative estimate of drug-likeness (QED) is 0.919. The van der Waals surface area contributed by atoms with Crippen molar-refractivity contribution in [1.82, 2.24) is 4.90 Å². The number of benzene rings is 2. The molecule has 3 nitrogen and oxygen atoms in total. The first kappa shape index (κ1) is 14.1. The molecule has 1 fully saturated rings. The molecule has 1 amide bonds. The zero-order valence-electron chi connectivity index (χ0n) is 12.3. The Bertz CT molecular complexity index is 647. The monoisotopic (exact) mass is 283 g/mol. The maximum absolute atomic E-state index is 12.8. The van der Waals surface area contributed by atoms with Crippen LogP contribution in [0.5, 0.6) is 0 Å². The Morgan fingerprint density at radius 1 is 1.10 bits per heavy atom. The minimum atomic E-state index is -0.400. The predicted octanol–water partition coefficient (Wildman–Crippen LogP) is 3.22. The summed E-state index contributed by atoms with van der Waals surface area (Å²) < 4.78 is 0. The third kappa shape index (κ3) is 2.66. The number of fused-ring (bicyclic) bond motifs is 1. The maximum Gasteiger partial charge on any atom is 0.254 e. The Balaban J connectivity index is 1.93. The lowest BCUT2D eigenvalue weighted by atomic mass is 9.91. The van der Waals surface area contributed by atoms with Gasteiger partial charge in [-0.2, -0.15) is 0 Å². The van der Waals surface area contributed by atoms with Crippen LogP contribution >= 0.6 is 0 Å². The third-order valence-corrected chi connectivity index (χ3v) is 4.53. The number of amides is 1.